The van der Waals surface area contributed by atoms with Gasteiger partial charge in [-0.25, -0.2) is 0 Å². The highest BCUT2D eigenvalue weighted by Gasteiger charge is 2.25. The van der Waals surface area contributed by atoms with Crippen molar-refractivity contribution in [1.82, 2.24) is 14.7 Å². The number of likely N-dealkylation sites (tertiary alicyclic amines) is 1. The zero-order chi connectivity index (χ0) is 16.9. The smallest absolute Gasteiger partial charge is 0.224 e. The van der Waals surface area contributed by atoms with Gasteiger partial charge in [0.25, 0.3) is 0 Å². The maximum absolute atomic E-state index is 12.5. The summed E-state index contributed by atoms with van der Waals surface area (Å²) in [5.74, 6) is 0.248. The van der Waals surface area contributed by atoms with Crippen LogP contribution in [0.5, 0.6) is 0 Å². The Bertz CT molecular complexity index is 663. The predicted octanol–water partition coefficient (Wildman–Crippen LogP) is 3.93. The molecule has 1 aromatic carbocycles. The van der Waals surface area contributed by atoms with Gasteiger partial charge in [-0.3, -0.25) is 9.48 Å². The molecule has 1 saturated heterocycles. The van der Waals surface area contributed by atoms with E-state index in [1.165, 1.54) is 10.5 Å². The van der Waals surface area contributed by atoms with Crippen LogP contribution in [-0.2, 0) is 4.79 Å². The van der Waals surface area contributed by atoms with E-state index in [0.29, 0.717) is 11.7 Å². The van der Waals surface area contributed by atoms with E-state index in [9.17, 15) is 4.79 Å². The van der Waals surface area contributed by atoms with Crippen LogP contribution in [0.2, 0.25) is 0 Å². The third-order valence-corrected chi connectivity index (χ3v) is 6.15. The first kappa shape index (κ1) is 17.1. The van der Waals surface area contributed by atoms with Gasteiger partial charge in [-0.1, -0.05) is 18.2 Å². The van der Waals surface area contributed by atoms with E-state index in [4.69, 9.17) is 0 Å². The van der Waals surface area contributed by atoms with Crippen molar-refractivity contribution in [1.29, 1.82) is 0 Å². The fourth-order valence-corrected chi connectivity index (χ4v) is 4.32. The second-order valence-corrected chi connectivity index (χ2v) is 7.84. The molecule has 1 amide bonds. The number of amides is 1. The van der Waals surface area contributed by atoms with Crippen molar-refractivity contribution < 1.29 is 4.79 Å². The molecule has 0 spiro atoms. The Morgan fingerprint density at radius 1 is 1.29 bits per heavy atom. The minimum atomic E-state index is 0.117. The molecular formula is C19H25N3OS. The largest absolute Gasteiger partial charge is 0.343 e. The fraction of sp³-hybridized carbons (Fsp3) is 0.474. The number of rotatable bonds is 5. The van der Waals surface area contributed by atoms with Crippen LogP contribution in [0.4, 0.5) is 0 Å². The number of piperidine rings is 1. The SMILES string of the molecule is Cc1ccccc1SC1CCN(C(=O)C[C@H](C)n2cccn2)CC1. The summed E-state index contributed by atoms with van der Waals surface area (Å²) in [4.78, 5) is 15.9. The quantitative estimate of drug-likeness (QED) is 0.826. The fourth-order valence-electron chi connectivity index (χ4n) is 3.11. The maximum Gasteiger partial charge on any atom is 0.224 e. The minimum absolute atomic E-state index is 0.117. The molecule has 24 heavy (non-hydrogen) atoms. The average molecular weight is 343 g/mol. The van der Waals surface area contributed by atoms with E-state index in [2.05, 4.69) is 36.3 Å². The van der Waals surface area contributed by atoms with Crippen LogP contribution in [0.3, 0.4) is 0 Å². The standard InChI is InChI=1S/C19H25N3OS/c1-15-6-3-4-7-18(15)24-17-8-12-21(13-9-17)19(23)14-16(2)22-11-5-10-20-22/h3-7,10-11,16-17H,8-9,12-14H2,1-2H3/t16-/m0/s1. The third-order valence-electron chi connectivity index (χ3n) is 4.63. The summed E-state index contributed by atoms with van der Waals surface area (Å²) in [5, 5.41) is 4.83. The van der Waals surface area contributed by atoms with Gasteiger partial charge in [-0.05, 0) is 44.4 Å². The van der Waals surface area contributed by atoms with Gasteiger partial charge in [0.05, 0.1) is 6.04 Å². The second-order valence-electron chi connectivity index (χ2n) is 6.50. The first-order valence-electron chi connectivity index (χ1n) is 8.62. The van der Waals surface area contributed by atoms with Crippen LogP contribution in [0.1, 0.15) is 37.8 Å². The van der Waals surface area contributed by atoms with E-state index in [1.807, 2.05) is 40.5 Å². The number of nitrogens with zero attached hydrogens (tertiary/aromatic N) is 3. The van der Waals surface area contributed by atoms with Gasteiger partial charge in [0.1, 0.15) is 0 Å². The molecule has 1 atom stereocenters. The zero-order valence-electron chi connectivity index (χ0n) is 14.4. The summed E-state index contributed by atoms with van der Waals surface area (Å²) in [6.07, 6.45) is 6.34. The van der Waals surface area contributed by atoms with Gasteiger partial charge in [0.2, 0.25) is 5.91 Å². The molecule has 0 saturated carbocycles. The maximum atomic E-state index is 12.5. The van der Waals surface area contributed by atoms with Crippen molar-refractivity contribution in [3.05, 3.63) is 48.3 Å². The number of carbonyl (C=O) groups is 1. The summed E-state index contributed by atoms with van der Waals surface area (Å²) in [5.41, 5.74) is 1.34. The highest BCUT2D eigenvalue weighted by molar-refractivity contribution is 8.00. The lowest BCUT2D eigenvalue weighted by molar-refractivity contribution is -0.132. The summed E-state index contributed by atoms with van der Waals surface area (Å²) >= 11 is 1.96. The van der Waals surface area contributed by atoms with E-state index in [0.717, 1.165) is 25.9 Å². The van der Waals surface area contributed by atoms with Crippen molar-refractivity contribution in [3.63, 3.8) is 0 Å². The molecule has 128 valence electrons. The topological polar surface area (TPSA) is 38.1 Å². The lowest BCUT2D eigenvalue weighted by Crippen LogP contribution is -2.40. The van der Waals surface area contributed by atoms with Crippen LogP contribution in [-0.4, -0.2) is 38.9 Å². The molecule has 2 aromatic rings. The van der Waals surface area contributed by atoms with E-state index in [1.54, 1.807) is 6.20 Å². The average Bonchev–Trinajstić information content (AvgIpc) is 3.12. The summed E-state index contributed by atoms with van der Waals surface area (Å²) in [6, 6.07) is 10.6. The van der Waals surface area contributed by atoms with E-state index in [-0.39, 0.29) is 11.9 Å². The summed E-state index contributed by atoms with van der Waals surface area (Å²) in [7, 11) is 0. The van der Waals surface area contributed by atoms with Crippen molar-refractivity contribution in [2.45, 2.75) is 49.3 Å². The number of hydrogen-bond donors (Lipinski definition) is 0. The Balaban J connectivity index is 1.48. The monoisotopic (exact) mass is 343 g/mol. The molecule has 3 rings (SSSR count). The third kappa shape index (κ3) is 4.20. The highest BCUT2D eigenvalue weighted by Crippen LogP contribution is 2.32. The first-order valence-corrected chi connectivity index (χ1v) is 9.50. The molecule has 1 aliphatic rings. The number of benzene rings is 1. The molecule has 0 radical (unpaired) electrons. The Morgan fingerprint density at radius 3 is 2.71 bits per heavy atom. The zero-order valence-corrected chi connectivity index (χ0v) is 15.2. The van der Waals surface area contributed by atoms with Gasteiger partial charge in [0.15, 0.2) is 0 Å². The lowest BCUT2D eigenvalue weighted by atomic mass is 10.1. The predicted molar refractivity (Wildman–Crippen MR) is 98.2 cm³/mol. The van der Waals surface area contributed by atoms with Gasteiger partial charge in [0, 0.05) is 42.0 Å². The highest BCUT2D eigenvalue weighted by atomic mass is 32.2. The van der Waals surface area contributed by atoms with Gasteiger partial charge < -0.3 is 4.90 Å². The molecule has 0 bridgehead atoms. The molecule has 1 aliphatic heterocycles. The molecule has 1 aromatic heterocycles. The Kier molecular flexibility index (Phi) is 5.61. The normalized spacial score (nSPS) is 17.0. The van der Waals surface area contributed by atoms with Crippen LogP contribution in [0.25, 0.3) is 0 Å². The molecule has 0 aliphatic carbocycles. The van der Waals surface area contributed by atoms with Crippen LogP contribution < -0.4 is 0 Å². The Morgan fingerprint density at radius 2 is 2.04 bits per heavy atom. The van der Waals surface area contributed by atoms with Crippen LogP contribution in [0, 0.1) is 6.92 Å². The van der Waals surface area contributed by atoms with Gasteiger partial charge in [-0.2, -0.15) is 5.10 Å². The van der Waals surface area contributed by atoms with Crippen molar-refractivity contribution in [3.8, 4) is 0 Å². The minimum Gasteiger partial charge on any atom is -0.343 e. The molecule has 5 heteroatoms. The number of carbonyl (C=O) groups excluding carboxylic acids is 1. The second kappa shape index (κ2) is 7.88. The molecule has 1 fully saturated rings. The summed E-state index contributed by atoms with van der Waals surface area (Å²) in [6.45, 7) is 5.95. The number of aryl methyl sites for hydroxylation is 1. The van der Waals surface area contributed by atoms with E-state index >= 15 is 0 Å². The van der Waals surface area contributed by atoms with Crippen LogP contribution >= 0.6 is 11.8 Å². The van der Waals surface area contributed by atoms with Gasteiger partial charge in [-0.15, -0.1) is 11.8 Å². The molecule has 4 nitrogen and oxygen atoms in total. The number of hydrogen-bond acceptors (Lipinski definition) is 3. The molecule has 0 unspecified atom stereocenters. The van der Waals surface area contributed by atoms with Crippen molar-refractivity contribution >= 4 is 17.7 Å². The first-order chi connectivity index (χ1) is 11.6. The van der Waals surface area contributed by atoms with Gasteiger partial charge >= 0.3 is 0 Å². The Labute approximate surface area is 148 Å². The molecular weight excluding hydrogens is 318 g/mol. The van der Waals surface area contributed by atoms with E-state index < -0.39 is 0 Å². The molecule has 2 heterocycles. The van der Waals surface area contributed by atoms with Crippen molar-refractivity contribution in [2.24, 2.45) is 0 Å². The number of thioether (sulfide) groups is 1. The van der Waals surface area contributed by atoms with Crippen LogP contribution in [0.15, 0.2) is 47.6 Å². The number of aromatic nitrogens is 2. The Hall–Kier alpha value is -1.75. The lowest BCUT2D eigenvalue weighted by Gasteiger charge is -2.32. The van der Waals surface area contributed by atoms with Crippen molar-refractivity contribution in [2.75, 3.05) is 13.1 Å². The molecule has 0 N–H and O–H groups in total. The summed E-state index contributed by atoms with van der Waals surface area (Å²) < 4.78 is 1.86.